The molecule has 1 aliphatic carbocycles. The van der Waals surface area contributed by atoms with Crippen molar-refractivity contribution in [3.8, 4) is 16.9 Å². The highest BCUT2D eigenvalue weighted by molar-refractivity contribution is 6.21. The van der Waals surface area contributed by atoms with Crippen molar-refractivity contribution < 1.29 is 23.1 Å². The van der Waals surface area contributed by atoms with E-state index in [-0.39, 0.29) is 28.2 Å². The van der Waals surface area contributed by atoms with Crippen LogP contribution in [0.15, 0.2) is 36.4 Å². The number of carbonyl (C=O) groups is 1. The lowest BCUT2D eigenvalue weighted by atomic mass is 10.0. The van der Waals surface area contributed by atoms with Crippen LogP contribution in [0.4, 0.5) is 13.2 Å². The molecule has 1 N–H and O–H groups in total. The zero-order valence-corrected chi connectivity index (χ0v) is 9.45. The van der Waals surface area contributed by atoms with Crippen molar-refractivity contribution in [1.82, 2.24) is 0 Å². The van der Waals surface area contributed by atoms with Crippen molar-refractivity contribution >= 4 is 5.78 Å². The van der Waals surface area contributed by atoms with Crippen LogP contribution in [0.25, 0.3) is 11.1 Å². The van der Waals surface area contributed by atoms with Crippen LogP contribution in [0.1, 0.15) is 21.5 Å². The molecule has 2 aromatic rings. The van der Waals surface area contributed by atoms with Crippen molar-refractivity contribution in [3.63, 3.8) is 0 Å². The molecule has 5 heteroatoms. The fourth-order valence-corrected chi connectivity index (χ4v) is 2.24. The minimum atomic E-state index is -4.45. The van der Waals surface area contributed by atoms with Gasteiger partial charge < -0.3 is 5.11 Å². The van der Waals surface area contributed by atoms with Gasteiger partial charge in [0.1, 0.15) is 5.75 Å². The van der Waals surface area contributed by atoms with Crippen LogP contribution < -0.4 is 0 Å². The lowest BCUT2D eigenvalue weighted by Crippen LogP contribution is -2.05. The van der Waals surface area contributed by atoms with Crippen LogP contribution in [0.3, 0.4) is 0 Å². The highest BCUT2D eigenvalue weighted by atomic mass is 19.4. The molecule has 1 aliphatic rings. The monoisotopic (exact) mass is 264 g/mol. The van der Waals surface area contributed by atoms with E-state index < -0.39 is 11.7 Å². The van der Waals surface area contributed by atoms with Crippen LogP contribution in [0.5, 0.6) is 5.75 Å². The summed E-state index contributed by atoms with van der Waals surface area (Å²) >= 11 is 0. The second kappa shape index (κ2) is 3.60. The maximum atomic E-state index is 12.7. The van der Waals surface area contributed by atoms with Gasteiger partial charge >= 0.3 is 6.18 Å². The quantitative estimate of drug-likeness (QED) is 0.673. The number of phenolic OH excluding ortho intramolecular Hbond substituents is 1. The Kier molecular flexibility index (Phi) is 2.23. The molecule has 2 aromatic carbocycles. The average molecular weight is 264 g/mol. The maximum absolute atomic E-state index is 12.7. The van der Waals surface area contributed by atoms with Crippen molar-refractivity contribution in [2.45, 2.75) is 6.18 Å². The standard InChI is InChI=1S/C14H7F3O2/c15-14(16,17)7-1-3-10-11(5-7)9-4-2-8(18)6-12(9)13(10)19/h1-6,18H. The third-order valence-corrected chi connectivity index (χ3v) is 3.13. The molecular weight excluding hydrogens is 257 g/mol. The first kappa shape index (κ1) is 11.8. The number of hydrogen-bond donors (Lipinski definition) is 1. The van der Waals surface area contributed by atoms with E-state index in [4.69, 9.17) is 0 Å². The highest BCUT2D eigenvalue weighted by Gasteiger charge is 2.34. The fourth-order valence-electron chi connectivity index (χ4n) is 2.24. The number of fused-ring (bicyclic) bond motifs is 3. The van der Waals surface area contributed by atoms with Gasteiger partial charge in [0.25, 0.3) is 0 Å². The van der Waals surface area contributed by atoms with Gasteiger partial charge in [-0.1, -0.05) is 0 Å². The molecule has 0 amide bonds. The summed E-state index contributed by atoms with van der Waals surface area (Å²) in [6.45, 7) is 0. The van der Waals surface area contributed by atoms with Gasteiger partial charge in [-0.2, -0.15) is 13.2 Å². The molecule has 0 aliphatic heterocycles. The Hall–Kier alpha value is -2.30. The van der Waals surface area contributed by atoms with Gasteiger partial charge in [0.15, 0.2) is 5.78 Å². The van der Waals surface area contributed by atoms with Crippen LogP contribution in [0, 0.1) is 0 Å². The van der Waals surface area contributed by atoms with E-state index >= 15 is 0 Å². The molecule has 0 saturated heterocycles. The Labute approximate surface area is 106 Å². The van der Waals surface area contributed by atoms with Crippen LogP contribution >= 0.6 is 0 Å². The highest BCUT2D eigenvalue weighted by Crippen LogP contribution is 2.41. The minimum absolute atomic E-state index is 0.0871. The molecule has 2 nitrogen and oxygen atoms in total. The normalized spacial score (nSPS) is 13.3. The van der Waals surface area contributed by atoms with Gasteiger partial charge in [-0.05, 0) is 47.5 Å². The minimum Gasteiger partial charge on any atom is -0.508 e. The SMILES string of the molecule is O=C1c2cc(O)ccc2-c2cc(C(F)(F)F)ccc21. The van der Waals surface area contributed by atoms with Gasteiger partial charge in [-0.3, -0.25) is 4.79 Å². The molecule has 0 heterocycles. The topological polar surface area (TPSA) is 37.3 Å². The molecule has 3 rings (SSSR count). The number of alkyl halides is 3. The second-order valence-corrected chi connectivity index (χ2v) is 4.32. The summed E-state index contributed by atoms with van der Waals surface area (Å²) in [6.07, 6.45) is -4.45. The molecule has 0 aromatic heterocycles. The second-order valence-electron chi connectivity index (χ2n) is 4.32. The molecule has 0 saturated carbocycles. The Bertz CT molecular complexity index is 702. The van der Waals surface area contributed by atoms with Gasteiger partial charge in [-0.25, -0.2) is 0 Å². The van der Waals surface area contributed by atoms with E-state index in [0.717, 1.165) is 12.1 Å². The summed E-state index contributed by atoms with van der Waals surface area (Å²) in [5.74, 6) is -0.453. The Balaban J connectivity index is 2.25. The van der Waals surface area contributed by atoms with Gasteiger partial charge in [-0.15, -0.1) is 0 Å². The molecule has 19 heavy (non-hydrogen) atoms. The number of halogens is 3. The average Bonchev–Trinajstić information content (AvgIpc) is 2.61. The van der Waals surface area contributed by atoms with E-state index in [1.165, 1.54) is 24.3 Å². The first-order valence-electron chi connectivity index (χ1n) is 5.47. The number of hydrogen-bond acceptors (Lipinski definition) is 2. The van der Waals surface area contributed by atoms with Crippen LogP contribution in [-0.4, -0.2) is 10.9 Å². The van der Waals surface area contributed by atoms with Gasteiger partial charge in [0.2, 0.25) is 0 Å². The van der Waals surface area contributed by atoms with E-state index in [9.17, 15) is 23.1 Å². The summed E-state index contributed by atoms with van der Waals surface area (Å²) in [5, 5.41) is 9.34. The molecule has 0 bridgehead atoms. The first-order chi connectivity index (χ1) is 8.88. The zero-order valence-electron chi connectivity index (χ0n) is 9.45. The third kappa shape index (κ3) is 1.69. The van der Waals surface area contributed by atoms with Crippen molar-refractivity contribution in [2.75, 3.05) is 0 Å². The third-order valence-electron chi connectivity index (χ3n) is 3.13. The van der Waals surface area contributed by atoms with Gasteiger partial charge in [0, 0.05) is 11.1 Å². The van der Waals surface area contributed by atoms with E-state index in [0.29, 0.717) is 5.56 Å². The number of carbonyl (C=O) groups excluding carboxylic acids is 1. The van der Waals surface area contributed by atoms with E-state index in [1.54, 1.807) is 0 Å². The van der Waals surface area contributed by atoms with Crippen molar-refractivity contribution in [1.29, 1.82) is 0 Å². The predicted octanol–water partition coefficient (Wildman–Crippen LogP) is 3.62. The van der Waals surface area contributed by atoms with Gasteiger partial charge in [0.05, 0.1) is 5.56 Å². The lowest BCUT2D eigenvalue weighted by Gasteiger charge is -2.08. The number of ketones is 1. The first-order valence-corrected chi connectivity index (χ1v) is 5.47. The van der Waals surface area contributed by atoms with Crippen molar-refractivity contribution in [3.05, 3.63) is 53.1 Å². The molecule has 0 radical (unpaired) electrons. The summed E-state index contributed by atoms with van der Waals surface area (Å²) in [7, 11) is 0. The molecular formula is C14H7F3O2. The molecule has 0 atom stereocenters. The molecule has 0 spiro atoms. The lowest BCUT2D eigenvalue weighted by molar-refractivity contribution is -0.137. The summed E-state index contributed by atoms with van der Waals surface area (Å²) in [4.78, 5) is 12.0. The smallest absolute Gasteiger partial charge is 0.416 e. The number of aromatic hydroxyl groups is 1. The Morgan fingerprint density at radius 1 is 0.842 bits per heavy atom. The van der Waals surface area contributed by atoms with Crippen LogP contribution in [-0.2, 0) is 6.18 Å². The largest absolute Gasteiger partial charge is 0.508 e. The number of benzene rings is 2. The Morgan fingerprint density at radius 3 is 2.21 bits per heavy atom. The van der Waals surface area contributed by atoms with Crippen molar-refractivity contribution in [2.24, 2.45) is 0 Å². The molecule has 0 fully saturated rings. The molecule has 96 valence electrons. The van der Waals surface area contributed by atoms with E-state index in [2.05, 4.69) is 0 Å². The summed E-state index contributed by atoms with van der Waals surface area (Å²) in [5.41, 5.74) is 0.349. The van der Waals surface area contributed by atoms with E-state index in [1.807, 2.05) is 0 Å². The zero-order chi connectivity index (χ0) is 13.8. The number of rotatable bonds is 0. The maximum Gasteiger partial charge on any atom is 0.416 e. The summed E-state index contributed by atoms with van der Waals surface area (Å²) < 4.78 is 38.0. The summed E-state index contributed by atoms with van der Waals surface area (Å²) in [6, 6.07) is 7.11. The predicted molar refractivity (Wildman–Crippen MR) is 62.0 cm³/mol. The number of phenols is 1. The molecule has 0 unspecified atom stereocenters. The Morgan fingerprint density at radius 2 is 1.53 bits per heavy atom. The fraction of sp³-hybridized carbons (Fsp3) is 0.0714. The van der Waals surface area contributed by atoms with Crippen LogP contribution in [0.2, 0.25) is 0 Å².